The summed E-state index contributed by atoms with van der Waals surface area (Å²) in [6.45, 7) is 1.69. The Bertz CT molecular complexity index is 424. The number of aliphatic hydroxyl groups is 1. The van der Waals surface area contributed by atoms with Crippen molar-refractivity contribution >= 4 is 0 Å². The van der Waals surface area contributed by atoms with E-state index in [1.807, 2.05) is 12.1 Å². The average Bonchev–Trinajstić information content (AvgIpc) is 2.93. The van der Waals surface area contributed by atoms with Crippen LogP contribution in [0.5, 0.6) is 5.75 Å². The molecule has 19 heavy (non-hydrogen) atoms. The number of benzene rings is 1. The van der Waals surface area contributed by atoms with Gasteiger partial charge in [-0.15, -0.1) is 0 Å². The van der Waals surface area contributed by atoms with Crippen molar-refractivity contribution in [2.75, 3.05) is 19.8 Å². The molecule has 2 aliphatic heterocycles. The van der Waals surface area contributed by atoms with E-state index >= 15 is 0 Å². The molecule has 4 nitrogen and oxygen atoms in total. The van der Waals surface area contributed by atoms with Crippen LogP contribution in [0.4, 0.5) is 0 Å². The van der Waals surface area contributed by atoms with Crippen LogP contribution in [-0.4, -0.2) is 43.1 Å². The van der Waals surface area contributed by atoms with E-state index in [-0.39, 0.29) is 18.8 Å². The maximum absolute atomic E-state index is 9.04. The van der Waals surface area contributed by atoms with Crippen LogP contribution < -0.4 is 10.1 Å². The van der Waals surface area contributed by atoms with Gasteiger partial charge in [-0.05, 0) is 30.9 Å². The van der Waals surface area contributed by atoms with Crippen LogP contribution in [0, 0.1) is 0 Å². The van der Waals surface area contributed by atoms with Gasteiger partial charge in [0.25, 0.3) is 0 Å². The molecule has 0 aromatic heterocycles. The van der Waals surface area contributed by atoms with E-state index in [1.165, 1.54) is 5.56 Å². The summed E-state index contributed by atoms with van der Waals surface area (Å²) in [5.74, 6) is 1.01. The van der Waals surface area contributed by atoms with Gasteiger partial charge >= 0.3 is 0 Å². The Morgan fingerprint density at radius 2 is 2.05 bits per heavy atom. The maximum Gasteiger partial charge on any atom is 0.122 e. The van der Waals surface area contributed by atoms with Crippen LogP contribution in [0.25, 0.3) is 0 Å². The minimum absolute atomic E-state index is 0.0372. The van der Waals surface area contributed by atoms with E-state index in [2.05, 4.69) is 17.4 Å². The first-order chi connectivity index (χ1) is 9.35. The highest BCUT2D eigenvalue weighted by molar-refractivity contribution is 5.35. The summed E-state index contributed by atoms with van der Waals surface area (Å²) >= 11 is 0. The number of ether oxygens (including phenoxy) is 2. The molecule has 1 aromatic rings. The van der Waals surface area contributed by atoms with E-state index in [1.54, 1.807) is 0 Å². The molecule has 1 aromatic carbocycles. The Morgan fingerprint density at radius 1 is 1.21 bits per heavy atom. The number of nitrogens with one attached hydrogen (secondary N) is 1. The first-order valence-corrected chi connectivity index (χ1v) is 7.05. The first kappa shape index (κ1) is 12.9. The van der Waals surface area contributed by atoms with Gasteiger partial charge in [-0.25, -0.2) is 0 Å². The largest absolute Gasteiger partial charge is 0.492 e. The summed E-state index contributed by atoms with van der Waals surface area (Å²) in [6.07, 6.45) is 3.27. The Morgan fingerprint density at radius 3 is 2.89 bits per heavy atom. The van der Waals surface area contributed by atoms with Crippen molar-refractivity contribution in [2.45, 2.75) is 37.5 Å². The van der Waals surface area contributed by atoms with Gasteiger partial charge in [0.05, 0.1) is 18.8 Å². The first-order valence-electron chi connectivity index (χ1n) is 7.05. The predicted molar refractivity (Wildman–Crippen MR) is 72.4 cm³/mol. The number of fused-ring (bicyclic) bond motifs is 1. The SMILES string of the molecule is OC[C@@H]1CC[C@H](CN[C@@H]2COc3ccccc3C2)O1. The summed E-state index contributed by atoms with van der Waals surface area (Å²) in [5.41, 5.74) is 1.27. The molecule has 0 radical (unpaired) electrons. The lowest BCUT2D eigenvalue weighted by atomic mass is 10.0. The molecule has 2 aliphatic rings. The van der Waals surface area contributed by atoms with E-state index in [4.69, 9.17) is 14.6 Å². The third-order valence-electron chi connectivity index (χ3n) is 3.91. The molecule has 1 saturated heterocycles. The van der Waals surface area contributed by atoms with Crippen LogP contribution in [0.15, 0.2) is 24.3 Å². The second kappa shape index (κ2) is 5.90. The summed E-state index contributed by atoms with van der Waals surface area (Å²) in [7, 11) is 0. The van der Waals surface area contributed by atoms with Crippen LogP contribution in [0.2, 0.25) is 0 Å². The van der Waals surface area contributed by atoms with Crippen molar-refractivity contribution in [3.63, 3.8) is 0 Å². The lowest BCUT2D eigenvalue weighted by Gasteiger charge is -2.27. The summed E-state index contributed by atoms with van der Waals surface area (Å²) in [4.78, 5) is 0. The van der Waals surface area contributed by atoms with Crippen molar-refractivity contribution in [1.82, 2.24) is 5.32 Å². The molecule has 3 rings (SSSR count). The third kappa shape index (κ3) is 3.08. The number of aliphatic hydroxyl groups excluding tert-OH is 1. The minimum Gasteiger partial charge on any atom is -0.492 e. The standard InChI is InChI=1S/C15H21NO3/c17-9-14-6-5-13(19-14)8-16-12-7-11-3-1-2-4-15(11)18-10-12/h1-4,12-14,16-17H,5-10H2/t12-,13+,14-/m0/s1. The minimum atomic E-state index is 0.0372. The zero-order valence-corrected chi connectivity index (χ0v) is 11.0. The van der Waals surface area contributed by atoms with Gasteiger partial charge in [0.2, 0.25) is 0 Å². The number of rotatable bonds is 4. The van der Waals surface area contributed by atoms with Crippen molar-refractivity contribution < 1.29 is 14.6 Å². The number of hydrogen-bond acceptors (Lipinski definition) is 4. The molecular weight excluding hydrogens is 242 g/mol. The molecule has 2 N–H and O–H groups in total. The van der Waals surface area contributed by atoms with Crippen LogP contribution in [0.1, 0.15) is 18.4 Å². The molecule has 3 atom stereocenters. The monoisotopic (exact) mass is 263 g/mol. The molecule has 104 valence electrons. The Balaban J connectivity index is 1.47. The quantitative estimate of drug-likeness (QED) is 0.854. The lowest BCUT2D eigenvalue weighted by molar-refractivity contribution is 0.0105. The molecule has 0 spiro atoms. The van der Waals surface area contributed by atoms with Crippen LogP contribution >= 0.6 is 0 Å². The highest BCUT2D eigenvalue weighted by Crippen LogP contribution is 2.24. The molecular formula is C15H21NO3. The maximum atomic E-state index is 9.04. The van der Waals surface area contributed by atoms with Gasteiger partial charge < -0.3 is 19.9 Å². The smallest absolute Gasteiger partial charge is 0.122 e. The Labute approximate surface area is 113 Å². The fourth-order valence-electron chi connectivity index (χ4n) is 2.82. The normalized spacial score (nSPS) is 29.8. The summed E-state index contributed by atoms with van der Waals surface area (Å²) < 4.78 is 11.5. The zero-order valence-electron chi connectivity index (χ0n) is 11.0. The number of hydrogen-bond donors (Lipinski definition) is 2. The molecule has 0 aliphatic carbocycles. The van der Waals surface area contributed by atoms with E-state index in [0.29, 0.717) is 12.6 Å². The third-order valence-corrected chi connectivity index (χ3v) is 3.91. The molecule has 2 heterocycles. The van der Waals surface area contributed by atoms with Gasteiger partial charge in [0, 0.05) is 12.6 Å². The molecule has 1 fully saturated rings. The molecule has 0 bridgehead atoms. The van der Waals surface area contributed by atoms with E-state index in [9.17, 15) is 0 Å². The molecule has 0 saturated carbocycles. The van der Waals surface area contributed by atoms with Gasteiger partial charge in [-0.2, -0.15) is 0 Å². The lowest BCUT2D eigenvalue weighted by Crippen LogP contribution is -2.42. The fraction of sp³-hybridized carbons (Fsp3) is 0.600. The van der Waals surface area contributed by atoms with Gasteiger partial charge in [0.1, 0.15) is 12.4 Å². The van der Waals surface area contributed by atoms with E-state index in [0.717, 1.165) is 31.6 Å². The van der Waals surface area contributed by atoms with Crippen LogP contribution in [-0.2, 0) is 11.2 Å². The second-order valence-electron chi connectivity index (χ2n) is 5.37. The fourth-order valence-corrected chi connectivity index (χ4v) is 2.82. The van der Waals surface area contributed by atoms with Gasteiger partial charge in [-0.3, -0.25) is 0 Å². The summed E-state index contributed by atoms with van der Waals surface area (Å²) in [5, 5.41) is 12.6. The topological polar surface area (TPSA) is 50.7 Å². The van der Waals surface area contributed by atoms with Crippen LogP contribution in [0.3, 0.4) is 0 Å². The number of para-hydroxylation sites is 1. The average molecular weight is 263 g/mol. The molecule has 4 heteroatoms. The highest BCUT2D eigenvalue weighted by Gasteiger charge is 2.26. The highest BCUT2D eigenvalue weighted by atomic mass is 16.5. The van der Waals surface area contributed by atoms with Gasteiger partial charge in [0.15, 0.2) is 0 Å². The van der Waals surface area contributed by atoms with Crippen molar-refractivity contribution in [2.24, 2.45) is 0 Å². The zero-order chi connectivity index (χ0) is 13.1. The van der Waals surface area contributed by atoms with Crippen molar-refractivity contribution in [3.05, 3.63) is 29.8 Å². The van der Waals surface area contributed by atoms with Crippen molar-refractivity contribution in [3.8, 4) is 5.75 Å². The predicted octanol–water partition coefficient (Wildman–Crippen LogP) is 1.12. The van der Waals surface area contributed by atoms with Crippen molar-refractivity contribution in [1.29, 1.82) is 0 Å². The summed E-state index contributed by atoms with van der Waals surface area (Å²) in [6, 6.07) is 8.56. The molecule has 0 unspecified atom stereocenters. The second-order valence-corrected chi connectivity index (χ2v) is 5.37. The van der Waals surface area contributed by atoms with E-state index < -0.39 is 0 Å². The Kier molecular flexibility index (Phi) is 4.01. The van der Waals surface area contributed by atoms with Gasteiger partial charge in [-0.1, -0.05) is 18.2 Å². The Hall–Kier alpha value is -1.10. The molecule has 0 amide bonds.